The lowest BCUT2D eigenvalue weighted by Crippen LogP contribution is -2.32. The third-order valence-corrected chi connectivity index (χ3v) is 4.76. The number of H-pyrrole nitrogens is 1. The number of nitrogens with zero attached hydrogens (tertiary/aromatic N) is 3. The monoisotopic (exact) mass is 364 g/mol. The van der Waals surface area contributed by atoms with Gasteiger partial charge in [0.25, 0.3) is 0 Å². The summed E-state index contributed by atoms with van der Waals surface area (Å²) in [5, 5.41) is 16.2. The van der Waals surface area contributed by atoms with Crippen LogP contribution >= 0.6 is 11.6 Å². The number of rotatable bonds is 6. The minimum Gasteiger partial charge on any atom is -0.479 e. The number of nitrogens with one attached hydrogen (secondary N) is 1. The highest BCUT2D eigenvalue weighted by atomic mass is 35.5. The van der Waals surface area contributed by atoms with Crippen molar-refractivity contribution in [1.82, 2.24) is 20.1 Å². The maximum absolute atomic E-state index is 10.9. The van der Waals surface area contributed by atoms with Crippen molar-refractivity contribution in [2.75, 3.05) is 13.1 Å². The molecule has 0 unspecified atom stereocenters. The molecule has 2 heterocycles. The Morgan fingerprint density at radius 2 is 2.24 bits per heavy atom. The molecule has 2 N–H and O–H groups in total. The standard InChI is InChI=1S/C17H21ClN4O3/c1-11(17(23)24)25-15-3-2-12(8-14(15)18)9-22-6-4-13(5-7-22)16-19-10-20-21-16/h2-3,8,10-11,13H,4-7,9H2,1H3,(H,23,24)(H,19,20,21)/t11-/m0/s1. The van der Waals surface area contributed by atoms with Gasteiger partial charge in [0.1, 0.15) is 17.9 Å². The number of halogens is 1. The van der Waals surface area contributed by atoms with Crippen molar-refractivity contribution in [2.24, 2.45) is 0 Å². The van der Waals surface area contributed by atoms with Crippen LogP contribution in [0.5, 0.6) is 5.75 Å². The Kier molecular flexibility index (Phi) is 5.55. The second kappa shape index (κ2) is 7.84. The first kappa shape index (κ1) is 17.7. The number of piperidine rings is 1. The summed E-state index contributed by atoms with van der Waals surface area (Å²) < 4.78 is 5.35. The molecule has 0 saturated carbocycles. The van der Waals surface area contributed by atoms with Crippen molar-refractivity contribution >= 4 is 17.6 Å². The third kappa shape index (κ3) is 4.49. The van der Waals surface area contributed by atoms with Crippen LogP contribution in [0.2, 0.25) is 5.02 Å². The van der Waals surface area contributed by atoms with Crippen molar-refractivity contribution in [2.45, 2.75) is 38.3 Å². The molecule has 0 spiro atoms. The van der Waals surface area contributed by atoms with E-state index in [1.54, 1.807) is 12.4 Å². The molecule has 0 bridgehead atoms. The molecule has 1 aromatic heterocycles. The SMILES string of the molecule is C[C@H](Oc1ccc(CN2CCC(c3ncn[nH]3)CC2)cc1Cl)C(=O)O. The van der Waals surface area contributed by atoms with E-state index in [4.69, 9.17) is 21.4 Å². The number of carboxylic acid groups (broad SMARTS) is 1. The van der Waals surface area contributed by atoms with Gasteiger partial charge >= 0.3 is 5.97 Å². The van der Waals surface area contributed by atoms with Crippen LogP contribution in [0.15, 0.2) is 24.5 Å². The molecule has 1 aromatic carbocycles. The van der Waals surface area contributed by atoms with E-state index in [1.165, 1.54) is 6.92 Å². The maximum Gasteiger partial charge on any atom is 0.344 e. The normalized spacial score (nSPS) is 17.4. The van der Waals surface area contributed by atoms with Gasteiger partial charge in [-0.05, 0) is 50.6 Å². The minimum atomic E-state index is -1.02. The Labute approximate surface area is 151 Å². The number of hydrogen-bond donors (Lipinski definition) is 2. The first-order valence-corrected chi connectivity index (χ1v) is 8.66. The highest BCUT2D eigenvalue weighted by molar-refractivity contribution is 6.32. The number of likely N-dealkylation sites (tertiary alicyclic amines) is 1. The van der Waals surface area contributed by atoms with Gasteiger partial charge < -0.3 is 9.84 Å². The Balaban J connectivity index is 1.55. The Bertz CT molecular complexity index is 715. The zero-order valence-corrected chi connectivity index (χ0v) is 14.7. The summed E-state index contributed by atoms with van der Waals surface area (Å²) in [6.07, 6.45) is 2.71. The largest absolute Gasteiger partial charge is 0.479 e. The fourth-order valence-electron chi connectivity index (χ4n) is 3.01. The molecule has 0 aliphatic carbocycles. The van der Waals surface area contributed by atoms with E-state index >= 15 is 0 Å². The molecule has 25 heavy (non-hydrogen) atoms. The smallest absolute Gasteiger partial charge is 0.344 e. The van der Waals surface area contributed by atoms with E-state index in [2.05, 4.69) is 20.1 Å². The van der Waals surface area contributed by atoms with Crippen LogP contribution in [0.3, 0.4) is 0 Å². The molecule has 7 nitrogen and oxygen atoms in total. The van der Waals surface area contributed by atoms with Crippen LogP contribution in [0.25, 0.3) is 0 Å². The van der Waals surface area contributed by atoms with Crippen LogP contribution in [0, 0.1) is 0 Å². The number of carbonyl (C=O) groups is 1. The lowest BCUT2D eigenvalue weighted by atomic mass is 9.96. The van der Waals surface area contributed by atoms with Gasteiger partial charge in [-0.3, -0.25) is 10.00 Å². The third-order valence-electron chi connectivity index (χ3n) is 4.46. The topological polar surface area (TPSA) is 91.3 Å². The quantitative estimate of drug-likeness (QED) is 0.818. The highest BCUT2D eigenvalue weighted by Gasteiger charge is 2.22. The number of benzene rings is 1. The summed E-state index contributed by atoms with van der Waals surface area (Å²) in [4.78, 5) is 17.5. The van der Waals surface area contributed by atoms with E-state index in [1.807, 2.05) is 12.1 Å². The predicted molar refractivity (Wildman–Crippen MR) is 92.8 cm³/mol. The Morgan fingerprint density at radius 1 is 1.48 bits per heavy atom. The lowest BCUT2D eigenvalue weighted by Gasteiger charge is -2.31. The molecule has 2 aromatic rings. The lowest BCUT2D eigenvalue weighted by molar-refractivity contribution is -0.144. The zero-order valence-electron chi connectivity index (χ0n) is 14.0. The second-order valence-corrected chi connectivity index (χ2v) is 6.69. The Hall–Kier alpha value is -2.12. The average Bonchev–Trinajstić information content (AvgIpc) is 3.12. The van der Waals surface area contributed by atoms with Gasteiger partial charge in [0.15, 0.2) is 6.10 Å². The van der Waals surface area contributed by atoms with Crippen molar-refractivity contribution in [3.63, 3.8) is 0 Å². The molecule has 0 amide bonds. The van der Waals surface area contributed by atoms with Crippen LogP contribution in [-0.2, 0) is 11.3 Å². The molecule has 1 aliphatic rings. The second-order valence-electron chi connectivity index (χ2n) is 6.28. The molecule has 3 rings (SSSR count). The summed E-state index contributed by atoms with van der Waals surface area (Å²) >= 11 is 6.23. The summed E-state index contributed by atoms with van der Waals surface area (Å²) in [6, 6.07) is 5.50. The highest BCUT2D eigenvalue weighted by Crippen LogP contribution is 2.29. The van der Waals surface area contributed by atoms with Gasteiger partial charge in [-0.1, -0.05) is 17.7 Å². The fraction of sp³-hybridized carbons (Fsp3) is 0.471. The van der Waals surface area contributed by atoms with Gasteiger partial charge in [-0.25, -0.2) is 9.78 Å². The van der Waals surface area contributed by atoms with Crippen molar-refractivity contribution in [1.29, 1.82) is 0 Å². The average molecular weight is 365 g/mol. The molecule has 1 aliphatic heterocycles. The van der Waals surface area contributed by atoms with Crippen LogP contribution in [0.4, 0.5) is 0 Å². The number of aromatic amines is 1. The van der Waals surface area contributed by atoms with Crippen LogP contribution < -0.4 is 4.74 Å². The first-order chi connectivity index (χ1) is 12.0. The molecule has 1 saturated heterocycles. The number of aromatic nitrogens is 3. The summed E-state index contributed by atoms with van der Waals surface area (Å²) in [5.41, 5.74) is 1.08. The van der Waals surface area contributed by atoms with Gasteiger partial charge in [-0.2, -0.15) is 5.10 Å². The number of aliphatic carboxylic acids is 1. The first-order valence-electron chi connectivity index (χ1n) is 8.28. The zero-order chi connectivity index (χ0) is 17.8. The number of hydrogen-bond acceptors (Lipinski definition) is 5. The molecule has 8 heteroatoms. The summed E-state index contributed by atoms with van der Waals surface area (Å²) in [6.45, 7) is 4.25. The fourth-order valence-corrected chi connectivity index (χ4v) is 3.26. The molecular weight excluding hydrogens is 344 g/mol. The van der Waals surface area contributed by atoms with Gasteiger partial charge in [0.2, 0.25) is 0 Å². The number of carboxylic acids is 1. The molecule has 1 fully saturated rings. The van der Waals surface area contributed by atoms with Gasteiger partial charge in [0.05, 0.1) is 5.02 Å². The molecule has 1 atom stereocenters. The maximum atomic E-state index is 10.9. The molecular formula is C17H21ClN4O3. The van der Waals surface area contributed by atoms with Crippen molar-refractivity contribution in [3.8, 4) is 5.75 Å². The van der Waals surface area contributed by atoms with Gasteiger partial charge in [0, 0.05) is 12.5 Å². The van der Waals surface area contributed by atoms with E-state index in [9.17, 15) is 4.79 Å². The Morgan fingerprint density at radius 3 is 2.84 bits per heavy atom. The van der Waals surface area contributed by atoms with E-state index in [0.29, 0.717) is 16.7 Å². The van der Waals surface area contributed by atoms with Crippen molar-refractivity contribution in [3.05, 3.63) is 40.9 Å². The van der Waals surface area contributed by atoms with Gasteiger partial charge in [-0.15, -0.1) is 0 Å². The summed E-state index contributed by atoms with van der Waals surface area (Å²) in [5.74, 6) is 0.784. The van der Waals surface area contributed by atoms with Crippen LogP contribution in [-0.4, -0.2) is 50.4 Å². The number of ether oxygens (including phenoxy) is 1. The van der Waals surface area contributed by atoms with Crippen LogP contribution in [0.1, 0.15) is 37.1 Å². The molecule has 134 valence electrons. The minimum absolute atomic E-state index is 0.393. The molecule has 0 radical (unpaired) electrons. The predicted octanol–water partition coefficient (Wildman–Crippen LogP) is 2.69. The van der Waals surface area contributed by atoms with E-state index in [0.717, 1.165) is 43.9 Å². The van der Waals surface area contributed by atoms with E-state index < -0.39 is 12.1 Å². The summed E-state index contributed by atoms with van der Waals surface area (Å²) in [7, 11) is 0. The van der Waals surface area contributed by atoms with E-state index in [-0.39, 0.29) is 0 Å². The van der Waals surface area contributed by atoms with Crippen molar-refractivity contribution < 1.29 is 14.6 Å².